The third kappa shape index (κ3) is 4.02. The summed E-state index contributed by atoms with van der Waals surface area (Å²) in [6.07, 6.45) is 6.86. The minimum Gasteiger partial charge on any atom is -0.313 e. The van der Waals surface area contributed by atoms with Gasteiger partial charge in [0.2, 0.25) is 0 Å². The predicted molar refractivity (Wildman–Crippen MR) is 168 cm³/mol. The van der Waals surface area contributed by atoms with Crippen molar-refractivity contribution in [1.29, 1.82) is 0 Å². The van der Waals surface area contributed by atoms with Gasteiger partial charge in [0.1, 0.15) is 0 Å². The summed E-state index contributed by atoms with van der Waals surface area (Å²) >= 11 is 0. The van der Waals surface area contributed by atoms with E-state index >= 15 is 0 Å². The number of aryl methyl sites for hydroxylation is 2. The molecule has 1 nitrogen and oxygen atoms in total. The molecule has 188 valence electrons. The molecule has 6 aromatic rings. The highest BCUT2D eigenvalue weighted by Gasteiger charge is 2.20. The lowest BCUT2D eigenvalue weighted by Crippen LogP contribution is -2.02. The molecule has 39 heavy (non-hydrogen) atoms. The van der Waals surface area contributed by atoms with Crippen LogP contribution in [-0.4, -0.2) is 4.57 Å². The number of rotatable bonds is 4. The van der Waals surface area contributed by atoms with Crippen LogP contribution in [0.15, 0.2) is 127 Å². The smallest absolute Gasteiger partial charge is 0.0573 e. The second kappa shape index (κ2) is 9.60. The maximum atomic E-state index is 2.54. The zero-order chi connectivity index (χ0) is 26.3. The van der Waals surface area contributed by atoms with Gasteiger partial charge in [0.15, 0.2) is 0 Å². The predicted octanol–water partition coefficient (Wildman–Crippen LogP) is 10.5. The molecule has 0 N–H and O–H groups in total. The first-order valence-corrected chi connectivity index (χ1v) is 13.8. The minimum absolute atomic E-state index is 1.02. The molecular weight excluding hydrogens is 470 g/mol. The van der Waals surface area contributed by atoms with Crippen molar-refractivity contribution in [2.75, 3.05) is 0 Å². The molecule has 5 aromatic carbocycles. The minimum atomic E-state index is 1.02. The molecule has 0 bridgehead atoms. The van der Waals surface area contributed by atoms with Gasteiger partial charge in [-0.25, -0.2) is 0 Å². The van der Waals surface area contributed by atoms with Crippen LogP contribution in [0.5, 0.6) is 0 Å². The van der Waals surface area contributed by atoms with Crippen LogP contribution in [0.4, 0.5) is 0 Å². The fourth-order valence-electron chi connectivity index (χ4n) is 6.26. The average molecular weight is 502 g/mol. The largest absolute Gasteiger partial charge is 0.313 e. The van der Waals surface area contributed by atoms with E-state index in [0.29, 0.717) is 0 Å². The third-order valence-corrected chi connectivity index (χ3v) is 8.20. The lowest BCUT2D eigenvalue weighted by Gasteiger charge is -2.20. The van der Waals surface area contributed by atoms with Crippen molar-refractivity contribution in [2.24, 2.45) is 0 Å². The van der Waals surface area contributed by atoms with Gasteiger partial charge in [-0.15, -0.1) is 0 Å². The van der Waals surface area contributed by atoms with Crippen LogP contribution >= 0.6 is 0 Å². The highest BCUT2D eigenvalue weighted by atomic mass is 15.0. The number of aromatic nitrogens is 1. The summed E-state index contributed by atoms with van der Waals surface area (Å²) < 4.78 is 2.54. The summed E-state index contributed by atoms with van der Waals surface area (Å²) in [5.41, 5.74) is 14.3. The van der Waals surface area contributed by atoms with Crippen LogP contribution in [0.2, 0.25) is 0 Å². The van der Waals surface area contributed by atoms with E-state index in [1.807, 2.05) is 0 Å². The quantitative estimate of drug-likeness (QED) is 0.226. The van der Waals surface area contributed by atoms with Crippen molar-refractivity contribution in [3.05, 3.63) is 144 Å². The number of hydrogen-bond acceptors (Lipinski definition) is 0. The Balaban J connectivity index is 1.41. The van der Waals surface area contributed by atoms with Crippen LogP contribution in [-0.2, 0) is 0 Å². The van der Waals surface area contributed by atoms with Gasteiger partial charge in [0, 0.05) is 16.5 Å². The SMILES string of the molecule is Cc1ccccc1-c1ccc2c3ccccc3n(C3=CC(c4cccc(-c5ccccc5)c4)=CCC3)c2c1C. The van der Waals surface area contributed by atoms with Crippen molar-refractivity contribution in [2.45, 2.75) is 26.7 Å². The Labute approximate surface area is 230 Å². The molecule has 0 amide bonds. The molecule has 0 fully saturated rings. The van der Waals surface area contributed by atoms with Gasteiger partial charge in [0.05, 0.1) is 11.0 Å². The van der Waals surface area contributed by atoms with Gasteiger partial charge in [-0.1, -0.05) is 109 Å². The van der Waals surface area contributed by atoms with Crippen LogP contribution in [0.25, 0.3) is 55.3 Å². The lowest BCUT2D eigenvalue weighted by molar-refractivity contribution is 0.981. The molecule has 0 saturated heterocycles. The van der Waals surface area contributed by atoms with Crippen molar-refractivity contribution in [3.63, 3.8) is 0 Å². The summed E-state index contributed by atoms with van der Waals surface area (Å²) in [5.74, 6) is 0. The van der Waals surface area contributed by atoms with Gasteiger partial charge < -0.3 is 4.57 Å². The molecule has 0 spiro atoms. The van der Waals surface area contributed by atoms with Crippen molar-refractivity contribution in [1.82, 2.24) is 4.57 Å². The fraction of sp³-hybridized carbons (Fsp3) is 0.105. The second-order valence-electron chi connectivity index (χ2n) is 10.6. The Bertz CT molecular complexity index is 1910. The molecule has 1 heterocycles. The molecule has 1 aliphatic carbocycles. The summed E-state index contributed by atoms with van der Waals surface area (Å²) in [6, 6.07) is 41.8. The van der Waals surface area contributed by atoms with E-state index in [4.69, 9.17) is 0 Å². The number of nitrogens with zero attached hydrogens (tertiary/aromatic N) is 1. The maximum absolute atomic E-state index is 2.54. The van der Waals surface area contributed by atoms with Gasteiger partial charge in [-0.3, -0.25) is 0 Å². The highest BCUT2D eigenvalue weighted by molar-refractivity contribution is 6.12. The van der Waals surface area contributed by atoms with Crippen molar-refractivity contribution >= 4 is 33.1 Å². The summed E-state index contributed by atoms with van der Waals surface area (Å²) in [7, 11) is 0. The molecule has 7 rings (SSSR count). The van der Waals surface area contributed by atoms with Crippen LogP contribution in [0, 0.1) is 13.8 Å². The van der Waals surface area contributed by atoms with Crippen molar-refractivity contribution < 1.29 is 0 Å². The third-order valence-electron chi connectivity index (χ3n) is 8.20. The first-order valence-electron chi connectivity index (χ1n) is 13.8. The van der Waals surface area contributed by atoms with Gasteiger partial charge in [-0.2, -0.15) is 0 Å². The Kier molecular flexibility index (Phi) is 5.78. The molecule has 0 saturated carbocycles. The molecule has 0 aliphatic heterocycles. The van der Waals surface area contributed by atoms with Gasteiger partial charge >= 0.3 is 0 Å². The standard InChI is InChI=1S/C38H31N/c1-26-12-6-7-19-33(26)34-22-23-36-35-20-8-9-21-37(35)39(38(36)27(34)2)32-18-11-17-31(25-32)30-16-10-15-29(24-30)28-13-4-3-5-14-28/h3-10,12-17,19-25H,11,18H2,1-2H3. The van der Waals surface area contributed by atoms with E-state index in [9.17, 15) is 0 Å². The Morgan fingerprint density at radius 2 is 1.33 bits per heavy atom. The fourth-order valence-corrected chi connectivity index (χ4v) is 6.26. The van der Waals surface area contributed by atoms with E-state index in [2.05, 4.69) is 146 Å². The summed E-state index contributed by atoms with van der Waals surface area (Å²) in [4.78, 5) is 0. The van der Waals surface area contributed by atoms with Crippen LogP contribution in [0.1, 0.15) is 29.5 Å². The van der Waals surface area contributed by atoms with Gasteiger partial charge in [0.25, 0.3) is 0 Å². The molecule has 1 heteroatoms. The molecule has 0 radical (unpaired) electrons. The van der Waals surface area contributed by atoms with Crippen LogP contribution in [0.3, 0.4) is 0 Å². The molecular formula is C38H31N. The van der Waals surface area contributed by atoms with Gasteiger partial charge in [-0.05, 0) is 89.4 Å². The average Bonchev–Trinajstić information content (AvgIpc) is 3.34. The molecule has 0 atom stereocenters. The summed E-state index contributed by atoms with van der Waals surface area (Å²) in [6.45, 7) is 4.50. The monoisotopic (exact) mass is 501 g/mol. The van der Waals surface area contributed by atoms with E-state index in [1.165, 1.54) is 72.0 Å². The van der Waals surface area contributed by atoms with E-state index in [1.54, 1.807) is 0 Å². The maximum Gasteiger partial charge on any atom is 0.0573 e. The second-order valence-corrected chi connectivity index (χ2v) is 10.6. The number of benzene rings is 5. The Hall–Kier alpha value is -4.62. The number of para-hydroxylation sites is 1. The first kappa shape index (κ1) is 23.5. The Morgan fingerprint density at radius 1 is 0.590 bits per heavy atom. The number of allylic oxidation sites excluding steroid dienone is 4. The molecule has 0 unspecified atom stereocenters. The van der Waals surface area contributed by atoms with E-state index in [-0.39, 0.29) is 0 Å². The topological polar surface area (TPSA) is 4.93 Å². The van der Waals surface area contributed by atoms with E-state index in [0.717, 1.165) is 12.8 Å². The van der Waals surface area contributed by atoms with Crippen LogP contribution < -0.4 is 0 Å². The normalized spacial score (nSPS) is 13.5. The first-order chi connectivity index (χ1) is 19.2. The van der Waals surface area contributed by atoms with E-state index < -0.39 is 0 Å². The number of hydrogen-bond donors (Lipinski definition) is 0. The molecule has 1 aromatic heterocycles. The molecule has 1 aliphatic rings. The Morgan fingerprint density at radius 3 is 2.21 bits per heavy atom. The zero-order valence-electron chi connectivity index (χ0n) is 22.5. The summed E-state index contributed by atoms with van der Waals surface area (Å²) in [5, 5.41) is 2.64. The van der Waals surface area contributed by atoms with Crippen molar-refractivity contribution in [3.8, 4) is 22.3 Å². The highest BCUT2D eigenvalue weighted by Crippen LogP contribution is 2.41. The number of fused-ring (bicyclic) bond motifs is 3. The zero-order valence-corrected chi connectivity index (χ0v) is 22.5. The lowest BCUT2D eigenvalue weighted by atomic mass is 9.93.